The molecule has 6 heteroatoms. The van der Waals surface area contributed by atoms with Gasteiger partial charge in [0.1, 0.15) is 23.3 Å². The highest BCUT2D eigenvalue weighted by molar-refractivity contribution is 5.99. The van der Waals surface area contributed by atoms with Gasteiger partial charge in [-0.1, -0.05) is 6.07 Å². The van der Waals surface area contributed by atoms with E-state index in [-0.39, 0.29) is 5.82 Å². The number of hydrogen-bond acceptors (Lipinski definition) is 3. The fraction of sp³-hybridized carbons (Fsp3) is 0.263. The molecule has 0 bridgehead atoms. The van der Waals surface area contributed by atoms with Gasteiger partial charge in [0.2, 0.25) is 0 Å². The number of hydrogen-bond donors (Lipinski definition) is 0. The molecule has 126 valence electrons. The molecule has 4 nitrogen and oxygen atoms in total. The summed E-state index contributed by atoms with van der Waals surface area (Å²) in [7, 11) is 0. The molecule has 5 rings (SSSR count). The van der Waals surface area contributed by atoms with Crippen LogP contribution in [0.2, 0.25) is 0 Å². The van der Waals surface area contributed by atoms with Crippen molar-refractivity contribution in [2.45, 2.75) is 19.6 Å². The summed E-state index contributed by atoms with van der Waals surface area (Å²) in [5.41, 5.74) is 4.01. The zero-order chi connectivity index (χ0) is 17.1. The lowest BCUT2D eigenvalue weighted by Gasteiger charge is -2.34. The summed E-state index contributed by atoms with van der Waals surface area (Å²) < 4.78 is 29.5. The molecule has 0 amide bonds. The zero-order valence-corrected chi connectivity index (χ0v) is 13.7. The van der Waals surface area contributed by atoms with Crippen molar-refractivity contribution >= 4 is 27.5 Å². The Morgan fingerprint density at radius 2 is 1.96 bits per heavy atom. The number of aromatic nitrogens is 3. The van der Waals surface area contributed by atoms with Gasteiger partial charge in [-0.2, -0.15) is 0 Å². The maximum absolute atomic E-state index is 14.3. The third-order valence-corrected chi connectivity index (χ3v) is 4.83. The van der Waals surface area contributed by atoms with Crippen LogP contribution in [0.4, 0.5) is 8.78 Å². The molecular weight excluding hydrogens is 322 g/mol. The van der Waals surface area contributed by atoms with Gasteiger partial charge in [-0.15, -0.1) is 0 Å². The van der Waals surface area contributed by atoms with Gasteiger partial charge in [0, 0.05) is 24.2 Å². The maximum atomic E-state index is 14.3. The minimum atomic E-state index is -0.765. The number of halogens is 2. The van der Waals surface area contributed by atoms with Gasteiger partial charge >= 0.3 is 0 Å². The molecule has 0 unspecified atom stereocenters. The Morgan fingerprint density at radius 1 is 1.12 bits per heavy atom. The second kappa shape index (κ2) is 5.20. The summed E-state index contributed by atoms with van der Waals surface area (Å²) in [4.78, 5) is 11.4. The van der Waals surface area contributed by atoms with Gasteiger partial charge < -0.3 is 0 Å². The van der Waals surface area contributed by atoms with Crippen molar-refractivity contribution in [2.24, 2.45) is 0 Å². The first-order chi connectivity index (χ1) is 12.1. The fourth-order valence-electron chi connectivity index (χ4n) is 3.61. The Bertz CT molecular complexity index is 1130. The largest absolute Gasteiger partial charge is 0.294 e. The molecule has 1 aromatic carbocycles. The molecule has 0 spiro atoms. The molecule has 0 saturated carbocycles. The Balaban J connectivity index is 1.85. The molecule has 3 aromatic heterocycles. The molecule has 25 heavy (non-hydrogen) atoms. The quantitative estimate of drug-likeness (QED) is 0.559. The first kappa shape index (κ1) is 14.7. The van der Waals surface area contributed by atoms with Crippen LogP contribution in [0.1, 0.15) is 11.5 Å². The predicted octanol–water partition coefficient (Wildman–Crippen LogP) is 3.64. The molecule has 4 aromatic rings. The number of nitrogens with zero attached hydrogens (tertiary/aromatic N) is 4. The molecule has 1 aliphatic heterocycles. The minimum absolute atomic E-state index is 0.263. The average molecular weight is 338 g/mol. The van der Waals surface area contributed by atoms with Crippen LogP contribution in [0.5, 0.6) is 0 Å². The van der Waals surface area contributed by atoms with Gasteiger partial charge in [0.15, 0.2) is 0 Å². The SMILES string of the molecule is Cc1ccc2nc(CN3CC(F)C3)n3c4cccc(F)c4cc3c2n1. The highest BCUT2D eigenvalue weighted by atomic mass is 19.1. The van der Waals surface area contributed by atoms with Crippen molar-refractivity contribution in [3.05, 3.63) is 53.7 Å². The Kier molecular flexibility index (Phi) is 3.06. The van der Waals surface area contributed by atoms with Crippen molar-refractivity contribution in [3.8, 4) is 0 Å². The summed E-state index contributed by atoms with van der Waals surface area (Å²) in [6, 6.07) is 10.7. The van der Waals surface area contributed by atoms with Crippen LogP contribution in [-0.2, 0) is 6.54 Å². The Morgan fingerprint density at radius 3 is 2.76 bits per heavy atom. The topological polar surface area (TPSA) is 33.4 Å². The van der Waals surface area contributed by atoms with E-state index in [0.29, 0.717) is 25.0 Å². The van der Waals surface area contributed by atoms with Crippen LogP contribution in [0.3, 0.4) is 0 Å². The monoisotopic (exact) mass is 338 g/mol. The van der Waals surface area contributed by atoms with E-state index in [1.54, 1.807) is 6.07 Å². The molecule has 1 saturated heterocycles. The lowest BCUT2D eigenvalue weighted by molar-refractivity contribution is 0.0567. The standard InChI is InChI=1S/C19H16F2N4/c1-11-5-6-15-19(22-11)17-7-13-14(21)3-2-4-16(13)25(17)18(23-15)10-24-8-12(20)9-24/h2-7,12H,8-10H2,1H3. The van der Waals surface area contributed by atoms with Gasteiger partial charge in [0.05, 0.1) is 23.1 Å². The lowest BCUT2D eigenvalue weighted by atomic mass is 10.2. The van der Waals surface area contributed by atoms with Gasteiger partial charge in [0.25, 0.3) is 0 Å². The number of fused-ring (bicyclic) bond motifs is 5. The molecule has 0 radical (unpaired) electrons. The van der Waals surface area contributed by atoms with E-state index in [2.05, 4.69) is 4.98 Å². The first-order valence-electron chi connectivity index (χ1n) is 8.32. The number of pyridine rings is 1. The number of aryl methyl sites for hydroxylation is 1. The van der Waals surface area contributed by atoms with Crippen molar-refractivity contribution in [3.63, 3.8) is 0 Å². The maximum Gasteiger partial charge on any atom is 0.132 e. The van der Waals surface area contributed by atoms with Gasteiger partial charge in [-0.25, -0.2) is 18.7 Å². The number of likely N-dealkylation sites (tertiary alicyclic amines) is 1. The third-order valence-electron chi connectivity index (χ3n) is 4.83. The third kappa shape index (κ3) is 2.21. The van der Waals surface area contributed by atoms with Crippen molar-refractivity contribution in [1.82, 2.24) is 19.3 Å². The molecule has 1 fully saturated rings. The Labute approximate surface area is 142 Å². The molecule has 0 atom stereocenters. The second-order valence-corrected chi connectivity index (χ2v) is 6.68. The summed E-state index contributed by atoms with van der Waals surface area (Å²) in [5, 5.41) is 0.549. The highest BCUT2D eigenvalue weighted by Gasteiger charge is 2.27. The Hall–Kier alpha value is -2.60. The first-order valence-corrected chi connectivity index (χ1v) is 8.32. The van der Waals surface area contributed by atoms with E-state index in [0.717, 1.165) is 33.6 Å². The van der Waals surface area contributed by atoms with Crippen LogP contribution in [0.25, 0.3) is 27.5 Å². The number of benzene rings is 1. The smallest absolute Gasteiger partial charge is 0.132 e. The van der Waals surface area contributed by atoms with Crippen LogP contribution in [0.15, 0.2) is 36.4 Å². The fourth-order valence-corrected chi connectivity index (χ4v) is 3.61. The summed E-state index contributed by atoms with van der Waals surface area (Å²) >= 11 is 0. The molecular formula is C19H16F2N4. The van der Waals surface area contributed by atoms with E-state index in [9.17, 15) is 8.78 Å². The average Bonchev–Trinajstić information content (AvgIpc) is 2.96. The molecule has 0 N–H and O–H groups in total. The van der Waals surface area contributed by atoms with Crippen LogP contribution < -0.4 is 0 Å². The van der Waals surface area contributed by atoms with Crippen LogP contribution in [0, 0.1) is 12.7 Å². The van der Waals surface area contributed by atoms with Gasteiger partial charge in [-0.05, 0) is 37.3 Å². The highest BCUT2D eigenvalue weighted by Crippen LogP contribution is 2.29. The van der Waals surface area contributed by atoms with E-state index in [1.807, 2.05) is 40.5 Å². The van der Waals surface area contributed by atoms with E-state index in [1.165, 1.54) is 6.07 Å². The van der Waals surface area contributed by atoms with Crippen molar-refractivity contribution in [1.29, 1.82) is 0 Å². The van der Waals surface area contributed by atoms with E-state index in [4.69, 9.17) is 4.98 Å². The number of rotatable bonds is 2. The summed E-state index contributed by atoms with van der Waals surface area (Å²) in [5.74, 6) is 0.515. The van der Waals surface area contributed by atoms with E-state index >= 15 is 0 Å². The number of alkyl halides is 1. The minimum Gasteiger partial charge on any atom is -0.294 e. The lowest BCUT2D eigenvalue weighted by Crippen LogP contribution is -2.47. The van der Waals surface area contributed by atoms with Crippen molar-refractivity contribution < 1.29 is 8.78 Å². The molecule has 4 heterocycles. The second-order valence-electron chi connectivity index (χ2n) is 6.68. The van der Waals surface area contributed by atoms with Crippen LogP contribution >= 0.6 is 0 Å². The van der Waals surface area contributed by atoms with Crippen LogP contribution in [-0.4, -0.2) is 38.5 Å². The molecule has 0 aliphatic carbocycles. The zero-order valence-electron chi connectivity index (χ0n) is 13.7. The predicted molar refractivity (Wildman–Crippen MR) is 92.9 cm³/mol. The summed E-state index contributed by atoms with van der Waals surface area (Å²) in [6.07, 6.45) is -0.765. The summed E-state index contributed by atoms with van der Waals surface area (Å²) in [6.45, 7) is 3.29. The van der Waals surface area contributed by atoms with E-state index < -0.39 is 6.17 Å². The molecule has 1 aliphatic rings. The van der Waals surface area contributed by atoms with Crippen molar-refractivity contribution in [2.75, 3.05) is 13.1 Å². The van der Waals surface area contributed by atoms with Gasteiger partial charge in [-0.3, -0.25) is 9.30 Å². The normalized spacial score (nSPS) is 16.1.